The van der Waals surface area contributed by atoms with Crippen LogP contribution in [0.3, 0.4) is 0 Å². The van der Waals surface area contributed by atoms with E-state index in [1.807, 2.05) is 38.1 Å². The molecule has 2 unspecified atom stereocenters. The smallest absolute Gasteiger partial charge is 0.223 e. The predicted molar refractivity (Wildman–Crippen MR) is 83.7 cm³/mol. The van der Waals surface area contributed by atoms with Crippen molar-refractivity contribution in [2.45, 2.75) is 32.4 Å². The number of hydrogen-bond donors (Lipinski definition) is 2. The van der Waals surface area contributed by atoms with Crippen molar-refractivity contribution in [2.24, 2.45) is 0 Å². The highest BCUT2D eigenvalue weighted by atomic mass is 19.1. The Labute approximate surface area is 129 Å². The third kappa shape index (κ3) is 4.40. The average molecular weight is 301 g/mol. The molecular weight excluding hydrogens is 281 g/mol. The van der Waals surface area contributed by atoms with E-state index in [0.29, 0.717) is 5.56 Å². The Hall–Kier alpha value is -2.20. The normalized spacial score (nSPS) is 13.5. The van der Waals surface area contributed by atoms with Crippen LogP contribution in [0.1, 0.15) is 42.2 Å². The van der Waals surface area contributed by atoms with Gasteiger partial charge in [0.05, 0.1) is 18.6 Å². The maximum absolute atomic E-state index is 13.1. The van der Waals surface area contributed by atoms with Crippen molar-refractivity contribution in [3.8, 4) is 0 Å². The fourth-order valence-electron chi connectivity index (χ4n) is 2.25. The lowest BCUT2D eigenvalue weighted by Crippen LogP contribution is -2.28. The summed E-state index contributed by atoms with van der Waals surface area (Å²) in [5.74, 6) is -0.699. The number of aryl methyl sites for hydroxylation is 1. The molecule has 22 heavy (non-hydrogen) atoms. The number of hydrogen-bond acceptors (Lipinski definition) is 2. The standard InChI is InChI=1S/C18H20FNO2/c1-12-6-8-14(9-7-12)13(2)20-18(22)11-17(21)15-4-3-5-16(19)10-15/h3-10,13,17,21H,11H2,1-2H3,(H,20,22). The van der Waals surface area contributed by atoms with Crippen LogP contribution in [0.15, 0.2) is 48.5 Å². The van der Waals surface area contributed by atoms with Crippen molar-refractivity contribution in [2.75, 3.05) is 0 Å². The van der Waals surface area contributed by atoms with E-state index in [-0.39, 0.29) is 18.4 Å². The van der Waals surface area contributed by atoms with E-state index in [0.717, 1.165) is 11.1 Å². The third-order valence-electron chi connectivity index (χ3n) is 3.57. The molecule has 0 saturated carbocycles. The molecule has 0 aromatic heterocycles. The van der Waals surface area contributed by atoms with Crippen molar-refractivity contribution >= 4 is 5.91 Å². The van der Waals surface area contributed by atoms with E-state index < -0.39 is 11.9 Å². The Morgan fingerprint density at radius 1 is 1.18 bits per heavy atom. The van der Waals surface area contributed by atoms with Crippen LogP contribution in [0.2, 0.25) is 0 Å². The molecule has 0 spiro atoms. The number of carbonyl (C=O) groups is 1. The number of halogens is 1. The van der Waals surface area contributed by atoms with E-state index in [4.69, 9.17) is 0 Å². The SMILES string of the molecule is Cc1ccc(C(C)NC(=O)CC(O)c2cccc(F)c2)cc1. The van der Waals surface area contributed by atoms with Crippen LogP contribution in [0.5, 0.6) is 0 Å². The van der Waals surface area contributed by atoms with Crippen LogP contribution < -0.4 is 5.32 Å². The Balaban J connectivity index is 1.93. The van der Waals surface area contributed by atoms with Crippen molar-refractivity contribution < 1.29 is 14.3 Å². The summed E-state index contributed by atoms with van der Waals surface area (Å²) in [7, 11) is 0. The predicted octanol–water partition coefficient (Wildman–Crippen LogP) is 3.44. The van der Waals surface area contributed by atoms with E-state index in [2.05, 4.69) is 5.32 Å². The van der Waals surface area contributed by atoms with Crippen LogP contribution in [0.25, 0.3) is 0 Å². The first-order valence-corrected chi connectivity index (χ1v) is 7.25. The average Bonchev–Trinajstić information content (AvgIpc) is 2.47. The molecule has 0 aliphatic heterocycles. The minimum atomic E-state index is -1.01. The lowest BCUT2D eigenvalue weighted by molar-refractivity contribution is -0.123. The van der Waals surface area contributed by atoms with Gasteiger partial charge in [-0.2, -0.15) is 0 Å². The summed E-state index contributed by atoms with van der Waals surface area (Å²) >= 11 is 0. The van der Waals surface area contributed by atoms with E-state index >= 15 is 0 Å². The molecule has 0 heterocycles. The van der Waals surface area contributed by atoms with Gasteiger partial charge in [0.1, 0.15) is 5.82 Å². The van der Waals surface area contributed by atoms with Crippen molar-refractivity contribution in [1.82, 2.24) is 5.32 Å². The van der Waals surface area contributed by atoms with Gasteiger partial charge in [0, 0.05) is 0 Å². The summed E-state index contributed by atoms with van der Waals surface area (Å²) in [4.78, 5) is 12.0. The topological polar surface area (TPSA) is 49.3 Å². The van der Waals surface area contributed by atoms with Crippen molar-refractivity contribution in [1.29, 1.82) is 0 Å². The Morgan fingerprint density at radius 3 is 2.50 bits per heavy atom. The maximum Gasteiger partial charge on any atom is 0.223 e. The van der Waals surface area contributed by atoms with Crippen LogP contribution in [0.4, 0.5) is 4.39 Å². The first-order valence-electron chi connectivity index (χ1n) is 7.25. The van der Waals surface area contributed by atoms with Gasteiger partial charge in [-0.25, -0.2) is 4.39 Å². The molecule has 2 rings (SSSR count). The lowest BCUT2D eigenvalue weighted by Gasteiger charge is -2.16. The molecule has 4 heteroatoms. The van der Waals surface area contributed by atoms with E-state index in [1.165, 1.54) is 18.2 Å². The number of carbonyl (C=O) groups excluding carboxylic acids is 1. The fourth-order valence-corrected chi connectivity index (χ4v) is 2.25. The largest absolute Gasteiger partial charge is 0.388 e. The zero-order chi connectivity index (χ0) is 16.1. The summed E-state index contributed by atoms with van der Waals surface area (Å²) < 4.78 is 13.1. The van der Waals surface area contributed by atoms with Gasteiger partial charge in [-0.15, -0.1) is 0 Å². The summed E-state index contributed by atoms with van der Waals surface area (Å²) in [6.07, 6.45) is -1.11. The van der Waals surface area contributed by atoms with E-state index in [9.17, 15) is 14.3 Å². The summed E-state index contributed by atoms with van der Waals surface area (Å²) in [5.41, 5.74) is 2.56. The molecule has 2 atom stereocenters. The molecule has 0 bridgehead atoms. The molecular formula is C18H20FNO2. The molecule has 0 aliphatic carbocycles. The van der Waals surface area contributed by atoms with Crippen LogP contribution in [-0.4, -0.2) is 11.0 Å². The number of aliphatic hydroxyl groups is 1. The molecule has 3 nitrogen and oxygen atoms in total. The number of amides is 1. The maximum atomic E-state index is 13.1. The number of rotatable bonds is 5. The molecule has 2 aromatic rings. The van der Waals surface area contributed by atoms with Gasteiger partial charge in [0.15, 0.2) is 0 Å². The quantitative estimate of drug-likeness (QED) is 0.889. The van der Waals surface area contributed by atoms with Crippen molar-refractivity contribution in [3.05, 3.63) is 71.0 Å². The highest BCUT2D eigenvalue weighted by molar-refractivity contribution is 5.77. The van der Waals surface area contributed by atoms with Gasteiger partial charge in [0.2, 0.25) is 5.91 Å². The second-order valence-electron chi connectivity index (χ2n) is 5.47. The van der Waals surface area contributed by atoms with Gasteiger partial charge in [-0.1, -0.05) is 42.0 Å². The summed E-state index contributed by atoms with van der Waals surface area (Å²) in [6, 6.07) is 13.4. The van der Waals surface area contributed by atoms with Crippen LogP contribution >= 0.6 is 0 Å². The molecule has 0 radical (unpaired) electrons. The lowest BCUT2D eigenvalue weighted by atomic mass is 10.0. The van der Waals surface area contributed by atoms with Gasteiger partial charge >= 0.3 is 0 Å². The number of aliphatic hydroxyl groups excluding tert-OH is 1. The number of benzene rings is 2. The highest BCUT2D eigenvalue weighted by Crippen LogP contribution is 2.19. The van der Waals surface area contributed by atoms with Gasteiger partial charge in [0.25, 0.3) is 0 Å². The monoisotopic (exact) mass is 301 g/mol. The second-order valence-corrected chi connectivity index (χ2v) is 5.47. The fraction of sp³-hybridized carbons (Fsp3) is 0.278. The third-order valence-corrected chi connectivity index (χ3v) is 3.57. The highest BCUT2D eigenvalue weighted by Gasteiger charge is 2.16. The Bertz CT molecular complexity index is 640. The minimum Gasteiger partial charge on any atom is -0.388 e. The molecule has 1 amide bonds. The van der Waals surface area contributed by atoms with Gasteiger partial charge in [-0.05, 0) is 37.1 Å². The van der Waals surface area contributed by atoms with E-state index in [1.54, 1.807) is 6.07 Å². The molecule has 0 saturated heterocycles. The number of nitrogens with one attached hydrogen (secondary N) is 1. The first-order chi connectivity index (χ1) is 10.5. The minimum absolute atomic E-state index is 0.0976. The molecule has 116 valence electrons. The van der Waals surface area contributed by atoms with Gasteiger partial charge < -0.3 is 10.4 Å². The molecule has 0 fully saturated rings. The second kappa shape index (κ2) is 7.18. The molecule has 0 aliphatic rings. The summed E-state index contributed by atoms with van der Waals surface area (Å²) in [5, 5.41) is 12.8. The Morgan fingerprint density at radius 2 is 1.86 bits per heavy atom. The van der Waals surface area contributed by atoms with Crippen molar-refractivity contribution in [3.63, 3.8) is 0 Å². The van der Waals surface area contributed by atoms with Crippen LogP contribution in [0, 0.1) is 12.7 Å². The first kappa shape index (κ1) is 16.2. The van der Waals surface area contributed by atoms with Crippen LogP contribution in [-0.2, 0) is 4.79 Å². The Kier molecular flexibility index (Phi) is 5.28. The van der Waals surface area contributed by atoms with Gasteiger partial charge in [-0.3, -0.25) is 4.79 Å². The summed E-state index contributed by atoms with van der Waals surface area (Å²) in [6.45, 7) is 3.89. The molecule has 2 aromatic carbocycles. The molecule has 2 N–H and O–H groups in total. The zero-order valence-corrected chi connectivity index (χ0v) is 12.7. The zero-order valence-electron chi connectivity index (χ0n) is 12.7.